The van der Waals surface area contributed by atoms with Crippen molar-refractivity contribution in [2.75, 3.05) is 10.6 Å². The third kappa shape index (κ3) is 3.36. The first kappa shape index (κ1) is 18.5. The molecule has 0 saturated carbocycles. The van der Waals surface area contributed by atoms with E-state index in [9.17, 15) is 14.4 Å². The Morgan fingerprint density at radius 1 is 1.11 bits per heavy atom. The van der Waals surface area contributed by atoms with Gasteiger partial charge in [0.2, 0.25) is 5.78 Å². The summed E-state index contributed by atoms with van der Waals surface area (Å²) >= 11 is 1.37. The fourth-order valence-electron chi connectivity index (χ4n) is 3.42. The predicted molar refractivity (Wildman–Crippen MR) is 110 cm³/mol. The van der Waals surface area contributed by atoms with Gasteiger partial charge in [0.15, 0.2) is 5.78 Å². The van der Waals surface area contributed by atoms with Crippen molar-refractivity contribution in [1.29, 1.82) is 0 Å². The summed E-state index contributed by atoms with van der Waals surface area (Å²) in [7, 11) is 0. The summed E-state index contributed by atoms with van der Waals surface area (Å²) in [5, 5.41) is 5.93. The Bertz CT molecular complexity index is 1040. The van der Waals surface area contributed by atoms with Gasteiger partial charge in [0, 0.05) is 16.3 Å². The number of aryl methyl sites for hydroxylation is 2. The van der Waals surface area contributed by atoms with Crippen LogP contribution < -0.4 is 10.6 Å². The number of carbonyl (C=O) groups excluding carboxylic acids is 3. The highest BCUT2D eigenvalue weighted by atomic mass is 32.2. The molecule has 2 aromatic rings. The maximum absolute atomic E-state index is 12.9. The SMILES string of the molecule is Cc1ccc(NC(=O)C(=O)[C@@H]2CCC3=C(Sc4ccccc4N3)C2=O)cc1C. The molecule has 4 rings (SSSR count). The van der Waals surface area contributed by atoms with Crippen LogP contribution in [-0.2, 0) is 14.4 Å². The fourth-order valence-corrected chi connectivity index (χ4v) is 4.54. The molecule has 2 aliphatic rings. The number of nitrogens with one attached hydrogen (secondary N) is 2. The molecule has 2 N–H and O–H groups in total. The second-order valence-corrected chi connectivity index (χ2v) is 8.16. The standard InChI is InChI=1S/C22H20N2O3S/c1-12-7-8-14(11-13(12)2)23-22(27)20(26)15-9-10-17-21(19(15)25)28-18-6-4-3-5-16(18)24-17/h3-8,11,15,24H,9-10H2,1-2H3,(H,23,27)/t15-/m1/s1. The summed E-state index contributed by atoms with van der Waals surface area (Å²) in [6.45, 7) is 3.92. The molecule has 6 heteroatoms. The van der Waals surface area contributed by atoms with Crippen molar-refractivity contribution < 1.29 is 14.4 Å². The van der Waals surface area contributed by atoms with E-state index in [1.807, 2.05) is 50.2 Å². The highest BCUT2D eigenvalue weighted by Gasteiger charge is 2.39. The monoisotopic (exact) mass is 392 g/mol. The molecule has 5 nitrogen and oxygen atoms in total. The fraction of sp³-hybridized carbons (Fsp3) is 0.227. The number of para-hydroxylation sites is 1. The molecule has 0 spiro atoms. The molecule has 0 saturated heterocycles. The Balaban J connectivity index is 1.50. The van der Waals surface area contributed by atoms with Gasteiger partial charge in [0.25, 0.3) is 5.91 Å². The van der Waals surface area contributed by atoms with Crippen LogP contribution in [0, 0.1) is 19.8 Å². The second kappa shape index (κ2) is 7.28. The molecule has 1 aliphatic heterocycles. The van der Waals surface area contributed by atoms with E-state index in [1.54, 1.807) is 6.07 Å². The summed E-state index contributed by atoms with van der Waals surface area (Å²) in [6.07, 6.45) is 0.905. The van der Waals surface area contributed by atoms with Gasteiger partial charge < -0.3 is 10.6 Å². The summed E-state index contributed by atoms with van der Waals surface area (Å²) < 4.78 is 0. The van der Waals surface area contributed by atoms with Crippen LogP contribution in [0.1, 0.15) is 24.0 Å². The molecule has 1 aliphatic carbocycles. The number of hydrogen-bond donors (Lipinski definition) is 2. The molecule has 28 heavy (non-hydrogen) atoms. The van der Waals surface area contributed by atoms with Gasteiger partial charge in [-0.15, -0.1) is 0 Å². The van der Waals surface area contributed by atoms with Crippen molar-refractivity contribution in [2.24, 2.45) is 5.92 Å². The van der Waals surface area contributed by atoms with Crippen LogP contribution in [0.3, 0.4) is 0 Å². The van der Waals surface area contributed by atoms with E-state index in [4.69, 9.17) is 0 Å². The lowest BCUT2D eigenvalue weighted by molar-refractivity contribution is -0.140. The smallest absolute Gasteiger partial charge is 0.292 e. The topological polar surface area (TPSA) is 75.3 Å². The summed E-state index contributed by atoms with van der Waals surface area (Å²) in [4.78, 5) is 39.6. The van der Waals surface area contributed by atoms with Crippen molar-refractivity contribution in [3.63, 3.8) is 0 Å². The minimum atomic E-state index is -0.926. The molecule has 0 radical (unpaired) electrons. The van der Waals surface area contributed by atoms with Gasteiger partial charge in [-0.3, -0.25) is 14.4 Å². The lowest BCUT2D eigenvalue weighted by Gasteiger charge is -2.29. The quantitative estimate of drug-likeness (QED) is 0.604. The van der Waals surface area contributed by atoms with Crippen LogP contribution in [-0.4, -0.2) is 17.5 Å². The lowest BCUT2D eigenvalue weighted by Crippen LogP contribution is -2.37. The van der Waals surface area contributed by atoms with Crippen LogP contribution in [0.15, 0.2) is 58.0 Å². The molecule has 1 heterocycles. The van der Waals surface area contributed by atoms with Crippen molar-refractivity contribution in [1.82, 2.24) is 0 Å². The summed E-state index contributed by atoms with van der Waals surface area (Å²) in [6, 6.07) is 13.2. The molecule has 2 aromatic carbocycles. The number of Topliss-reactive ketones (excluding diaryl/α,β-unsaturated/α-hetero) is 2. The highest BCUT2D eigenvalue weighted by Crippen LogP contribution is 2.44. The zero-order valence-electron chi connectivity index (χ0n) is 15.7. The molecule has 0 aromatic heterocycles. The number of thioether (sulfide) groups is 1. The number of ketones is 2. The van der Waals surface area contributed by atoms with Gasteiger partial charge in [0.05, 0.1) is 16.5 Å². The van der Waals surface area contributed by atoms with E-state index in [0.29, 0.717) is 23.4 Å². The second-order valence-electron chi connectivity index (χ2n) is 7.10. The van der Waals surface area contributed by atoms with Crippen LogP contribution in [0.2, 0.25) is 0 Å². The first-order valence-corrected chi connectivity index (χ1v) is 9.99. The molecule has 1 atom stereocenters. The number of carbonyl (C=O) groups is 3. The predicted octanol–water partition coefficient (Wildman–Crippen LogP) is 4.22. The van der Waals surface area contributed by atoms with Gasteiger partial charge in [-0.2, -0.15) is 0 Å². The maximum Gasteiger partial charge on any atom is 0.292 e. The minimum Gasteiger partial charge on any atom is -0.357 e. The molecule has 142 valence electrons. The Kier molecular flexibility index (Phi) is 4.81. The van der Waals surface area contributed by atoms with Crippen LogP contribution >= 0.6 is 11.8 Å². The van der Waals surface area contributed by atoms with Crippen LogP contribution in [0.4, 0.5) is 11.4 Å². The number of anilines is 2. The normalized spacial score (nSPS) is 18.1. The van der Waals surface area contributed by atoms with E-state index in [2.05, 4.69) is 10.6 Å². The zero-order chi connectivity index (χ0) is 19.8. The van der Waals surface area contributed by atoms with E-state index < -0.39 is 17.6 Å². The number of amides is 1. The lowest BCUT2D eigenvalue weighted by atomic mass is 9.87. The van der Waals surface area contributed by atoms with Crippen molar-refractivity contribution in [3.05, 3.63) is 64.2 Å². The largest absolute Gasteiger partial charge is 0.357 e. The number of benzene rings is 2. The average Bonchev–Trinajstić information content (AvgIpc) is 2.69. The van der Waals surface area contributed by atoms with E-state index >= 15 is 0 Å². The Hall–Kier alpha value is -2.86. The number of allylic oxidation sites excluding steroid dienone is 2. The van der Waals surface area contributed by atoms with Gasteiger partial charge in [-0.05, 0) is 62.1 Å². The van der Waals surface area contributed by atoms with Crippen molar-refractivity contribution in [2.45, 2.75) is 31.6 Å². The molecule has 0 unspecified atom stereocenters. The van der Waals surface area contributed by atoms with Gasteiger partial charge in [0.1, 0.15) is 0 Å². The molecule has 0 bridgehead atoms. The maximum atomic E-state index is 12.9. The Labute approximate surface area is 167 Å². The van der Waals surface area contributed by atoms with Gasteiger partial charge >= 0.3 is 0 Å². The summed E-state index contributed by atoms with van der Waals surface area (Å²) in [5.74, 6) is -2.60. The van der Waals surface area contributed by atoms with Crippen LogP contribution in [0.25, 0.3) is 0 Å². The van der Waals surface area contributed by atoms with Crippen molar-refractivity contribution in [3.8, 4) is 0 Å². The molecule has 1 amide bonds. The van der Waals surface area contributed by atoms with E-state index in [1.165, 1.54) is 11.8 Å². The number of rotatable bonds is 3. The third-order valence-electron chi connectivity index (χ3n) is 5.19. The van der Waals surface area contributed by atoms with Crippen LogP contribution in [0.5, 0.6) is 0 Å². The summed E-state index contributed by atoms with van der Waals surface area (Å²) in [5.41, 5.74) is 4.50. The molecular formula is C22H20N2O3S. The zero-order valence-corrected chi connectivity index (χ0v) is 16.5. The first-order valence-electron chi connectivity index (χ1n) is 9.18. The van der Waals surface area contributed by atoms with Crippen molar-refractivity contribution >= 4 is 40.6 Å². The molecular weight excluding hydrogens is 372 g/mol. The minimum absolute atomic E-state index is 0.270. The number of fused-ring (bicyclic) bond motifs is 1. The van der Waals surface area contributed by atoms with E-state index in [0.717, 1.165) is 27.4 Å². The average molecular weight is 392 g/mol. The number of hydrogen-bond acceptors (Lipinski definition) is 5. The Morgan fingerprint density at radius 2 is 1.89 bits per heavy atom. The Morgan fingerprint density at radius 3 is 2.68 bits per heavy atom. The van der Waals surface area contributed by atoms with Gasteiger partial charge in [-0.1, -0.05) is 30.0 Å². The third-order valence-corrected chi connectivity index (χ3v) is 6.41. The molecule has 0 fully saturated rings. The highest BCUT2D eigenvalue weighted by molar-refractivity contribution is 8.04. The van der Waals surface area contributed by atoms with E-state index in [-0.39, 0.29) is 5.78 Å². The van der Waals surface area contributed by atoms with Gasteiger partial charge in [-0.25, -0.2) is 0 Å². The first-order chi connectivity index (χ1) is 13.4.